The average molecular weight is 290 g/mol. The molecule has 0 unspecified atom stereocenters. The van der Waals surface area contributed by atoms with E-state index in [2.05, 4.69) is 10.3 Å². The number of benzene rings is 1. The molecule has 0 aliphatic carbocycles. The number of thiazole rings is 1. The number of carboxylic acids is 1. The molecule has 0 saturated heterocycles. The maximum absolute atomic E-state index is 11.5. The van der Waals surface area contributed by atoms with E-state index in [1.807, 2.05) is 24.4 Å². The number of carboxylic acid groups (broad SMARTS) is 1. The van der Waals surface area contributed by atoms with Gasteiger partial charge in [0.1, 0.15) is 0 Å². The number of nitrogens with zero attached hydrogens (tertiary/aromatic N) is 1. The molecule has 104 valence electrons. The van der Waals surface area contributed by atoms with Crippen LogP contribution in [0.4, 0.5) is 5.69 Å². The first-order valence-electron chi connectivity index (χ1n) is 6.09. The first-order valence-corrected chi connectivity index (χ1v) is 6.97. The quantitative estimate of drug-likeness (QED) is 0.887. The Morgan fingerprint density at radius 3 is 2.50 bits per heavy atom. The van der Waals surface area contributed by atoms with Crippen LogP contribution in [-0.4, -0.2) is 22.0 Å². The minimum Gasteiger partial charge on any atom is -0.481 e. The zero-order valence-corrected chi connectivity index (χ0v) is 11.7. The van der Waals surface area contributed by atoms with Crippen molar-refractivity contribution in [2.24, 2.45) is 0 Å². The fourth-order valence-corrected chi connectivity index (χ4v) is 2.29. The van der Waals surface area contributed by atoms with Gasteiger partial charge in [0.05, 0.1) is 17.1 Å². The summed E-state index contributed by atoms with van der Waals surface area (Å²) in [4.78, 5) is 26.3. The zero-order valence-electron chi connectivity index (χ0n) is 10.9. The summed E-state index contributed by atoms with van der Waals surface area (Å²) in [6.07, 6.45) is -0.190. The highest BCUT2D eigenvalue weighted by atomic mass is 32.1. The van der Waals surface area contributed by atoms with Gasteiger partial charge in [-0.25, -0.2) is 4.98 Å². The van der Waals surface area contributed by atoms with Gasteiger partial charge in [-0.15, -0.1) is 11.3 Å². The number of aromatic nitrogens is 1. The van der Waals surface area contributed by atoms with Crippen LogP contribution in [0.1, 0.15) is 17.8 Å². The van der Waals surface area contributed by atoms with Gasteiger partial charge in [-0.1, -0.05) is 12.1 Å². The molecule has 0 fully saturated rings. The van der Waals surface area contributed by atoms with Crippen molar-refractivity contribution in [3.63, 3.8) is 0 Å². The molecule has 1 heterocycles. The summed E-state index contributed by atoms with van der Waals surface area (Å²) < 4.78 is 0. The van der Waals surface area contributed by atoms with Gasteiger partial charge in [0.15, 0.2) is 0 Å². The Morgan fingerprint density at radius 1 is 1.25 bits per heavy atom. The maximum atomic E-state index is 11.5. The van der Waals surface area contributed by atoms with Crippen LogP contribution in [0.15, 0.2) is 29.6 Å². The number of anilines is 1. The van der Waals surface area contributed by atoms with E-state index in [4.69, 9.17) is 5.11 Å². The molecule has 5 nitrogen and oxygen atoms in total. The van der Waals surface area contributed by atoms with Gasteiger partial charge in [-0.3, -0.25) is 9.59 Å². The van der Waals surface area contributed by atoms with E-state index in [0.29, 0.717) is 5.69 Å². The van der Waals surface area contributed by atoms with Crippen LogP contribution < -0.4 is 5.32 Å². The summed E-state index contributed by atoms with van der Waals surface area (Å²) in [6, 6.07) is 7.31. The number of nitrogens with one attached hydrogen (secondary N) is 1. The van der Waals surface area contributed by atoms with Gasteiger partial charge >= 0.3 is 5.97 Å². The lowest BCUT2D eigenvalue weighted by Gasteiger charge is -2.05. The minimum absolute atomic E-state index is 0.0254. The molecule has 20 heavy (non-hydrogen) atoms. The summed E-state index contributed by atoms with van der Waals surface area (Å²) in [7, 11) is 0. The number of aryl methyl sites for hydroxylation is 1. The number of carbonyl (C=O) groups excluding carboxylic acids is 1. The second-order valence-corrected chi connectivity index (χ2v) is 5.33. The van der Waals surface area contributed by atoms with Crippen LogP contribution in [0.2, 0.25) is 0 Å². The summed E-state index contributed by atoms with van der Waals surface area (Å²) in [5.41, 5.74) is 2.55. The lowest BCUT2D eigenvalue weighted by molar-refractivity contribution is -0.138. The SMILES string of the molecule is Cc1nc(-c2ccc(NC(=O)CCC(=O)O)cc2)cs1. The second kappa shape index (κ2) is 6.29. The smallest absolute Gasteiger partial charge is 0.303 e. The molecule has 0 aliphatic rings. The fraction of sp³-hybridized carbons (Fsp3) is 0.214. The van der Waals surface area contributed by atoms with Crippen molar-refractivity contribution in [1.82, 2.24) is 4.98 Å². The van der Waals surface area contributed by atoms with E-state index in [-0.39, 0.29) is 18.7 Å². The van der Waals surface area contributed by atoms with Crippen molar-refractivity contribution in [1.29, 1.82) is 0 Å². The predicted octanol–water partition coefficient (Wildman–Crippen LogP) is 2.92. The Morgan fingerprint density at radius 2 is 1.95 bits per heavy atom. The number of aliphatic carboxylic acids is 1. The Labute approximate surface area is 120 Å². The zero-order chi connectivity index (χ0) is 14.5. The van der Waals surface area contributed by atoms with Gasteiger partial charge in [0, 0.05) is 23.1 Å². The normalized spacial score (nSPS) is 10.2. The Balaban J connectivity index is 1.98. The third kappa shape index (κ3) is 3.89. The summed E-state index contributed by atoms with van der Waals surface area (Å²) in [5, 5.41) is 14.2. The highest BCUT2D eigenvalue weighted by molar-refractivity contribution is 7.09. The topological polar surface area (TPSA) is 79.3 Å². The molecule has 0 saturated carbocycles. The number of amides is 1. The molecule has 1 aromatic heterocycles. The Hall–Kier alpha value is -2.21. The van der Waals surface area contributed by atoms with Crippen LogP contribution in [0, 0.1) is 6.92 Å². The van der Waals surface area contributed by atoms with Crippen molar-refractivity contribution < 1.29 is 14.7 Å². The molecule has 0 atom stereocenters. The standard InChI is InChI=1S/C14H14N2O3S/c1-9-15-12(8-20-9)10-2-4-11(5-3-10)16-13(17)6-7-14(18)19/h2-5,8H,6-7H2,1H3,(H,16,17)(H,18,19). The summed E-state index contributed by atoms with van der Waals surface area (Å²) in [6.45, 7) is 1.95. The summed E-state index contributed by atoms with van der Waals surface area (Å²) in [5.74, 6) is -1.28. The van der Waals surface area contributed by atoms with Crippen molar-refractivity contribution in [2.75, 3.05) is 5.32 Å². The van der Waals surface area contributed by atoms with Crippen molar-refractivity contribution >= 4 is 28.9 Å². The predicted molar refractivity (Wildman–Crippen MR) is 77.8 cm³/mol. The van der Waals surface area contributed by atoms with E-state index in [9.17, 15) is 9.59 Å². The second-order valence-electron chi connectivity index (χ2n) is 4.27. The third-order valence-corrected chi connectivity index (χ3v) is 3.42. The number of rotatable bonds is 5. The van der Waals surface area contributed by atoms with Crippen LogP contribution >= 0.6 is 11.3 Å². The lowest BCUT2D eigenvalue weighted by atomic mass is 10.1. The van der Waals surface area contributed by atoms with Crippen molar-refractivity contribution in [3.05, 3.63) is 34.7 Å². The molecular formula is C14H14N2O3S. The van der Waals surface area contributed by atoms with E-state index >= 15 is 0 Å². The van der Waals surface area contributed by atoms with Gasteiger partial charge in [-0.2, -0.15) is 0 Å². The van der Waals surface area contributed by atoms with E-state index < -0.39 is 5.97 Å². The van der Waals surface area contributed by atoms with Crippen molar-refractivity contribution in [3.8, 4) is 11.3 Å². The van der Waals surface area contributed by atoms with Gasteiger partial charge < -0.3 is 10.4 Å². The van der Waals surface area contributed by atoms with E-state index in [1.165, 1.54) is 0 Å². The molecule has 0 aliphatic heterocycles. The Kier molecular flexibility index (Phi) is 4.47. The van der Waals surface area contributed by atoms with Crippen molar-refractivity contribution in [2.45, 2.75) is 19.8 Å². The van der Waals surface area contributed by atoms with Gasteiger partial charge in [-0.05, 0) is 19.1 Å². The number of hydrogen-bond donors (Lipinski definition) is 2. The molecular weight excluding hydrogens is 276 g/mol. The monoisotopic (exact) mass is 290 g/mol. The lowest BCUT2D eigenvalue weighted by Crippen LogP contribution is -2.13. The Bertz CT molecular complexity index is 620. The molecule has 0 spiro atoms. The summed E-state index contributed by atoms with van der Waals surface area (Å²) >= 11 is 1.59. The first-order chi connectivity index (χ1) is 9.54. The van der Waals surface area contributed by atoms with Crippen LogP contribution in [-0.2, 0) is 9.59 Å². The average Bonchev–Trinajstić information content (AvgIpc) is 2.84. The van der Waals surface area contributed by atoms with Crippen LogP contribution in [0.5, 0.6) is 0 Å². The minimum atomic E-state index is -0.977. The molecule has 0 radical (unpaired) electrons. The maximum Gasteiger partial charge on any atom is 0.303 e. The van der Waals surface area contributed by atoms with E-state index in [1.54, 1.807) is 23.5 Å². The number of hydrogen-bond acceptors (Lipinski definition) is 4. The van der Waals surface area contributed by atoms with Crippen LogP contribution in [0.3, 0.4) is 0 Å². The first kappa shape index (κ1) is 14.2. The molecule has 0 bridgehead atoms. The third-order valence-electron chi connectivity index (χ3n) is 2.65. The fourth-order valence-electron chi connectivity index (χ4n) is 1.66. The molecule has 2 rings (SSSR count). The highest BCUT2D eigenvalue weighted by Crippen LogP contribution is 2.23. The largest absolute Gasteiger partial charge is 0.481 e. The molecule has 1 aromatic carbocycles. The molecule has 6 heteroatoms. The van der Waals surface area contributed by atoms with Gasteiger partial charge in [0.2, 0.25) is 5.91 Å². The van der Waals surface area contributed by atoms with Gasteiger partial charge in [0.25, 0.3) is 0 Å². The molecule has 2 aromatic rings. The number of carbonyl (C=O) groups is 2. The molecule has 2 N–H and O–H groups in total. The highest BCUT2D eigenvalue weighted by Gasteiger charge is 2.06. The van der Waals surface area contributed by atoms with Crippen LogP contribution in [0.25, 0.3) is 11.3 Å². The van der Waals surface area contributed by atoms with E-state index in [0.717, 1.165) is 16.3 Å². The molecule has 1 amide bonds.